The molecule has 0 atom stereocenters. The fourth-order valence-corrected chi connectivity index (χ4v) is 4.27. The van der Waals surface area contributed by atoms with Gasteiger partial charge in [0.2, 0.25) is 0 Å². The van der Waals surface area contributed by atoms with E-state index in [0.29, 0.717) is 28.4 Å². The Morgan fingerprint density at radius 3 is 2.74 bits per heavy atom. The molecule has 0 aliphatic carbocycles. The summed E-state index contributed by atoms with van der Waals surface area (Å²) in [6.45, 7) is 0.427. The van der Waals surface area contributed by atoms with Gasteiger partial charge in [-0.05, 0) is 42.0 Å². The van der Waals surface area contributed by atoms with Gasteiger partial charge in [-0.25, -0.2) is 5.43 Å². The van der Waals surface area contributed by atoms with Gasteiger partial charge < -0.3 is 9.30 Å². The van der Waals surface area contributed by atoms with Gasteiger partial charge in [0.05, 0.1) is 12.0 Å². The molecule has 0 saturated heterocycles. The van der Waals surface area contributed by atoms with Crippen molar-refractivity contribution >= 4 is 51.4 Å². The molecule has 3 aromatic carbocycles. The van der Waals surface area contributed by atoms with Crippen LogP contribution in [-0.4, -0.2) is 32.6 Å². The number of aromatic nitrogens is 3. The Morgan fingerprint density at radius 1 is 1.14 bits per heavy atom. The zero-order valence-corrected chi connectivity index (χ0v) is 21.8. The summed E-state index contributed by atoms with van der Waals surface area (Å²) in [5, 5.41) is 13.7. The van der Waals surface area contributed by atoms with Crippen molar-refractivity contribution in [2.24, 2.45) is 12.1 Å². The summed E-state index contributed by atoms with van der Waals surface area (Å²) < 4.78 is 8.78. The molecule has 0 fully saturated rings. The Kier molecular flexibility index (Phi) is 8.57. The van der Waals surface area contributed by atoms with Crippen molar-refractivity contribution in [1.82, 2.24) is 20.2 Å². The van der Waals surface area contributed by atoms with Crippen molar-refractivity contribution in [1.29, 1.82) is 0 Å². The molecule has 7 nitrogen and oxygen atoms in total. The maximum absolute atomic E-state index is 12.3. The lowest BCUT2D eigenvalue weighted by atomic mass is 10.2. The van der Waals surface area contributed by atoms with Gasteiger partial charge in [0.25, 0.3) is 5.91 Å². The molecule has 0 unspecified atom stereocenters. The molecule has 0 aliphatic rings. The fraction of sp³-hybridized carbons (Fsp3) is 0.120. The Bertz CT molecular complexity index is 1340. The van der Waals surface area contributed by atoms with Gasteiger partial charge in [-0.3, -0.25) is 4.79 Å². The largest absolute Gasteiger partial charge is 0.488 e. The van der Waals surface area contributed by atoms with Gasteiger partial charge in [-0.15, -0.1) is 10.2 Å². The first-order valence-corrected chi connectivity index (χ1v) is 12.7. The number of para-hydroxylation sites is 1. The zero-order valence-electron chi connectivity index (χ0n) is 18.7. The van der Waals surface area contributed by atoms with Crippen molar-refractivity contribution in [2.75, 3.05) is 5.75 Å². The third-order valence-electron chi connectivity index (χ3n) is 4.87. The monoisotopic (exact) mass is 569 g/mol. The average molecular weight is 571 g/mol. The zero-order chi connectivity index (χ0) is 24.6. The smallest absolute Gasteiger partial charge is 0.250 e. The lowest BCUT2D eigenvalue weighted by molar-refractivity contribution is -0.118. The number of carbonyl (C=O) groups excluding carboxylic acids is 1. The van der Waals surface area contributed by atoms with Crippen molar-refractivity contribution in [3.05, 3.63) is 93.4 Å². The molecule has 1 amide bonds. The van der Waals surface area contributed by atoms with Crippen LogP contribution in [0.4, 0.5) is 0 Å². The highest BCUT2D eigenvalue weighted by Gasteiger charge is 2.13. The molecule has 10 heteroatoms. The summed E-state index contributed by atoms with van der Waals surface area (Å²) in [5.41, 5.74) is 5.21. The molecule has 4 aromatic rings. The minimum atomic E-state index is -0.258. The van der Waals surface area contributed by atoms with Crippen LogP contribution in [0.15, 0.2) is 87.5 Å². The van der Waals surface area contributed by atoms with Crippen LogP contribution in [0.25, 0.3) is 11.4 Å². The quantitative estimate of drug-likeness (QED) is 0.158. The number of carbonyl (C=O) groups is 1. The molecule has 1 heterocycles. The standard InChI is InChI=1S/C25H21BrClN5O2S/c1-32-24(18-6-4-7-21(27)13-18)30-31-25(32)35-16-23(33)29-28-14-19-5-2-3-8-22(19)34-15-17-9-11-20(26)12-10-17/h2-14H,15-16H2,1H3,(H,29,33)/b28-14-. The molecule has 0 bridgehead atoms. The Labute approximate surface area is 220 Å². The summed E-state index contributed by atoms with van der Waals surface area (Å²) in [6, 6.07) is 22.8. The van der Waals surface area contributed by atoms with Gasteiger partial charge in [0, 0.05) is 27.7 Å². The number of hydrazone groups is 1. The molecule has 178 valence electrons. The number of thioether (sulfide) groups is 1. The fourth-order valence-electron chi connectivity index (χ4n) is 3.12. The lowest BCUT2D eigenvalue weighted by Crippen LogP contribution is -2.20. The SMILES string of the molecule is Cn1c(SCC(=O)N/N=C\c2ccccc2OCc2ccc(Br)cc2)nnc1-c1cccc(Cl)c1. The molecule has 35 heavy (non-hydrogen) atoms. The van der Waals surface area contributed by atoms with E-state index in [0.717, 1.165) is 21.2 Å². The molecule has 0 radical (unpaired) electrons. The summed E-state index contributed by atoms with van der Waals surface area (Å²) in [7, 11) is 1.85. The van der Waals surface area contributed by atoms with Crippen LogP contribution < -0.4 is 10.2 Å². The lowest BCUT2D eigenvalue weighted by Gasteiger charge is -2.09. The first-order valence-electron chi connectivity index (χ1n) is 10.6. The molecule has 0 aliphatic heterocycles. The van der Waals surface area contributed by atoms with Gasteiger partial charge in [0.1, 0.15) is 12.4 Å². The van der Waals surface area contributed by atoms with Crippen molar-refractivity contribution in [3.63, 3.8) is 0 Å². The number of amides is 1. The highest BCUT2D eigenvalue weighted by atomic mass is 79.9. The Morgan fingerprint density at radius 2 is 1.94 bits per heavy atom. The number of ether oxygens (including phenoxy) is 1. The van der Waals surface area contributed by atoms with E-state index in [9.17, 15) is 4.79 Å². The predicted octanol–water partition coefficient (Wildman–Crippen LogP) is 5.72. The Balaban J connectivity index is 1.30. The highest BCUT2D eigenvalue weighted by Crippen LogP contribution is 2.24. The summed E-state index contributed by atoms with van der Waals surface area (Å²) >= 11 is 10.8. The molecular formula is C25H21BrClN5O2S. The van der Waals surface area contributed by atoms with Crippen molar-refractivity contribution in [3.8, 4) is 17.1 Å². The number of nitrogens with one attached hydrogen (secondary N) is 1. The van der Waals surface area contributed by atoms with E-state index in [4.69, 9.17) is 16.3 Å². The molecular weight excluding hydrogens is 550 g/mol. The summed E-state index contributed by atoms with van der Waals surface area (Å²) in [6.07, 6.45) is 1.57. The number of hydrogen-bond donors (Lipinski definition) is 1. The van der Waals surface area contributed by atoms with E-state index in [1.54, 1.807) is 12.3 Å². The van der Waals surface area contributed by atoms with E-state index >= 15 is 0 Å². The summed E-state index contributed by atoms with van der Waals surface area (Å²) in [5.74, 6) is 1.23. The molecule has 0 spiro atoms. The maximum atomic E-state index is 12.3. The number of nitrogens with zero attached hydrogens (tertiary/aromatic N) is 4. The molecule has 1 aromatic heterocycles. The van der Waals surface area contributed by atoms with Gasteiger partial charge >= 0.3 is 0 Å². The van der Waals surface area contributed by atoms with Gasteiger partial charge in [-0.2, -0.15) is 5.10 Å². The number of halogens is 2. The topological polar surface area (TPSA) is 81.4 Å². The summed E-state index contributed by atoms with van der Waals surface area (Å²) in [4.78, 5) is 12.3. The van der Waals surface area contributed by atoms with Gasteiger partial charge in [0.15, 0.2) is 11.0 Å². The second-order valence-electron chi connectivity index (χ2n) is 7.41. The maximum Gasteiger partial charge on any atom is 0.250 e. The highest BCUT2D eigenvalue weighted by molar-refractivity contribution is 9.10. The van der Waals surface area contributed by atoms with Crippen LogP contribution in [0.5, 0.6) is 5.75 Å². The van der Waals surface area contributed by atoms with Crippen LogP contribution in [-0.2, 0) is 18.4 Å². The van der Waals surface area contributed by atoms with Gasteiger partial charge in [-0.1, -0.05) is 75.7 Å². The van der Waals surface area contributed by atoms with Crippen LogP contribution in [0.3, 0.4) is 0 Å². The van der Waals surface area contributed by atoms with E-state index in [2.05, 4.69) is 36.7 Å². The molecule has 4 rings (SSSR count). The first kappa shape index (κ1) is 25.0. The van der Waals surface area contributed by atoms with Crippen LogP contribution in [0, 0.1) is 0 Å². The Hall–Kier alpha value is -3.14. The first-order chi connectivity index (χ1) is 17.0. The number of benzene rings is 3. The minimum absolute atomic E-state index is 0.139. The van der Waals surface area contributed by atoms with E-state index in [1.807, 2.05) is 78.3 Å². The second-order valence-corrected chi connectivity index (χ2v) is 9.70. The predicted molar refractivity (Wildman–Crippen MR) is 143 cm³/mol. The van der Waals surface area contributed by atoms with E-state index in [1.165, 1.54) is 11.8 Å². The number of rotatable bonds is 9. The third-order valence-corrected chi connectivity index (χ3v) is 6.65. The minimum Gasteiger partial charge on any atom is -0.488 e. The number of hydrogen-bond acceptors (Lipinski definition) is 6. The van der Waals surface area contributed by atoms with E-state index in [-0.39, 0.29) is 11.7 Å². The van der Waals surface area contributed by atoms with E-state index < -0.39 is 0 Å². The second kappa shape index (κ2) is 12.0. The molecule has 0 saturated carbocycles. The van der Waals surface area contributed by atoms with Crippen molar-refractivity contribution < 1.29 is 9.53 Å². The van der Waals surface area contributed by atoms with Crippen LogP contribution in [0.2, 0.25) is 5.02 Å². The average Bonchev–Trinajstić information content (AvgIpc) is 3.23. The normalized spacial score (nSPS) is 11.1. The van der Waals surface area contributed by atoms with Crippen molar-refractivity contribution in [2.45, 2.75) is 11.8 Å². The molecule has 1 N–H and O–H groups in total. The third kappa shape index (κ3) is 6.94. The van der Waals surface area contributed by atoms with Crippen LogP contribution >= 0.6 is 39.3 Å². The van der Waals surface area contributed by atoms with Crippen LogP contribution in [0.1, 0.15) is 11.1 Å².